The van der Waals surface area contributed by atoms with Crippen molar-refractivity contribution in [1.29, 1.82) is 0 Å². The minimum Gasteiger partial charge on any atom is -0.507 e. The molecule has 4 rings (SSSR count). The van der Waals surface area contributed by atoms with Gasteiger partial charge in [0, 0.05) is 61.1 Å². The third-order valence-corrected chi connectivity index (χ3v) is 8.35. The van der Waals surface area contributed by atoms with Crippen LogP contribution in [0.25, 0.3) is 11.3 Å². The number of carbonyl (C=O) groups is 1. The number of fused-ring (bicyclic) bond motifs is 1. The number of sulfonamides is 1. The Morgan fingerprint density at radius 1 is 1.15 bits per heavy atom. The van der Waals surface area contributed by atoms with Gasteiger partial charge in [0.15, 0.2) is 0 Å². The molecule has 2 aromatic carbocycles. The van der Waals surface area contributed by atoms with Crippen LogP contribution in [0.1, 0.15) is 35.5 Å². The van der Waals surface area contributed by atoms with Crippen LogP contribution in [0.5, 0.6) is 11.5 Å². The average molecular weight is 505 g/mol. The first-order valence-electron chi connectivity index (χ1n) is 10.8. The van der Waals surface area contributed by atoms with Gasteiger partial charge in [-0.25, -0.2) is 8.42 Å². The maximum absolute atomic E-state index is 13.2. The van der Waals surface area contributed by atoms with E-state index in [9.17, 15) is 23.4 Å². The Hall–Kier alpha value is -3.08. The van der Waals surface area contributed by atoms with E-state index < -0.39 is 10.0 Å². The number of halogens is 1. The molecule has 0 bridgehead atoms. The quantitative estimate of drug-likeness (QED) is 0.472. The zero-order valence-corrected chi connectivity index (χ0v) is 20.3. The summed E-state index contributed by atoms with van der Waals surface area (Å²) in [6.07, 6.45) is 0.537. The van der Waals surface area contributed by atoms with E-state index in [4.69, 9.17) is 11.6 Å². The number of amides is 1. The number of hydrogen-bond acceptors (Lipinski definition) is 6. The summed E-state index contributed by atoms with van der Waals surface area (Å²) in [6.45, 7) is 4.99. The van der Waals surface area contributed by atoms with Crippen LogP contribution in [0, 0.1) is 0 Å². The van der Waals surface area contributed by atoms with Gasteiger partial charge >= 0.3 is 0 Å². The number of aromatic nitrogens is 2. The predicted molar refractivity (Wildman–Crippen MR) is 127 cm³/mol. The second-order valence-electron chi connectivity index (χ2n) is 7.94. The summed E-state index contributed by atoms with van der Waals surface area (Å²) in [5, 5.41) is 27.4. The van der Waals surface area contributed by atoms with Crippen molar-refractivity contribution in [2.24, 2.45) is 0 Å². The van der Waals surface area contributed by atoms with Gasteiger partial charge in [0.1, 0.15) is 17.2 Å². The summed E-state index contributed by atoms with van der Waals surface area (Å²) in [5.41, 5.74) is 2.77. The predicted octanol–water partition coefficient (Wildman–Crippen LogP) is 3.37. The van der Waals surface area contributed by atoms with Crippen molar-refractivity contribution in [3.63, 3.8) is 0 Å². The number of benzene rings is 2. The molecule has 0 spiro atoms. The lowest BCUT2D eigenvalue weighted by molar-refractivity contribution is 0.0734. The summed E-state index contributed by atoms with van der Waals surface area (Å²) in [6, 6.07) is 8.54. The van der Waals surface area contributed by atoms with Gasteiger partial charge in [-0.05, 0) is 30.3 Å². The maximum Gasteiger partial charge on any atom is 0.254 e. The molecular weight excluding hydrogens is 480 g/mol. The maximum atomic E-state index is 13.2. The molecule has 9 nitrogen and oxygen atoms in total. The Balaban J connectivity index is 1.58. The second kappa shape index (κ2) is 9.28. The Morgan fingerprint density at radius 2 is 1.82 bits per heavy atom. The van der Waals surface area contributed by atoms with Crippen LogP contribution in [0.2, 0.25) is 5.02 Å². The molecular formula is C23H25ClN4O5S. The van der Waals surface area contributed by atoms with Gasteiger partial charge in [0.05, 0.1) is 9.92 Å². The Bertz CT molecular complexity index is 1330. The number of aromatic amines is 1. The first kappa shape index (κ1) is 24.1. The van der Waals surface area contributed by atoms with Gasteiger partial charge in [-0.3, -0.25) is 9.89 Å². The number of hydrogen-bond donors (Lipinski definition) is 3. The number of carbonyl (C=O) groups excluding carboxylic acids is 1. The summed E-state index contributed by atoms with van der Waals surface area (Å²) in [7, 11) is -3.60. The number of rotatable bonds is 6. The molecule has 1 aromatic heterocycles. The van der Waals surface area contributed by atoms with E-state index in [0.29, 0.717) is 42.9 Å². The lowest BCUT2D eigenvalue weighted by Gasteiger charge is -2.27. The molecule has 0 saturated heterocycles. The first-order valence-corrected chi connectivity index (χ1v) is 12.7. The van der Waals surface area contributed by atoms with Crippen molar-refractivity contribution in [3.05, 3.63) is 58.2 Å². The van der Waals surface area contributed by atoms with Gasteiger partial charge in [0.2, 0.25) is 10.0 Å². The third-order valence-electron chi connectivity index (χ3n) is 5.99. The lowest BCUT2D eigenvalue weighted by Crippen LogP contribution is -2.36. The van der Waals surface area contributed by atoms with Crippen LogP contribution >= 0.6 is 11.6 Å². The highest BCUT2D eigenvalue weighted by Crippen LogP contribution is 2.39. The van der Waals surface area contributed by atoms with Crippen molar-refractivity contribution in [3.8, 4) is 22.8 Å². The SMILES string of the molecule is CCN(CC)S(=O)(=O)c1ccc(C(=O)N2CCc3[nH]nc(-c4cc(Cl)c(O)cc4O)c3C2)cc1. The van der Waals surface area contributed by atoms with Crippen LogP contribution in [-0.4, -0.2) is 63.6 Å². The molecule has 1 aliphatic heterocycles. The van der Waals surface area contributed by atoms with Gasteiger partial charge in [0.25, 0.3) is 5.91 Å². The zero-order valence-electron chi connectivity index (χ0n) is 18.7. The summed E-state index contributed by atoms with van der Waals surface area (Å²) in [4.78, 5) is 15.0. The average Bonchev–Trinajstić information content (AvgIpc) is 3.24. The van der Waals surface area contributed by atoms with E-state index in [1.807, 2.05) is 0 Å². The molecule has 0 fully saturated rings. The normalized spacial score (nSPS) is 13.8. The number of nitrogens with one attached hydrogen (secondary N) is 1. The highest BCUT2D eigenvalue weighted by molar-refractivity contribution is 7.89. The molecule has 3 aromatic rings. The molecule has 0 radical (unpaired) electrons. The van der Waals surface area contributed by atoms with Crippen LogP contribution in [0.3, 0.4) is 0 Å². The standard InChI is InChI=1S/C23H25ClN4O5S/c1-3-28(4-2)34(32,33)15-7-5-14(6-8-15)23(31)27-10-9-19-17(13-27)22(26-25-19)16-11-18(24)21(30)12-20(16)29/h5-8,11-12,29-30H,3-4,9-10,13H2,1-2H3,(H,25,26). The van der Waals surface area contributed by atoms with Crippen LogP contribution in [-0.2, 0) is 23.0 Å². The zero-order chi connectivity index (χ0) is 24.6. The number of phenolic OH excluding ortho intramolecular Hbond substituents is 2. The van der Waals surface area contributed by atoms with Gasteiger partial charge in [-0.2, -0.15) is 9.40 Å². The molecule has 2 heterocycles. The Kier molecular flexibility index (Phi) is 6.57. The van der Waals surface area contributed by atoms with E-state index in [2.05, 4.69) is 10.2 Å². The minimum atomic E-state index is -3.60. The molecule has 11 heteroatoms. The Labute approximate surface area is 202 Å². The van der Waals surface area contributed by atoms with Crippen LogP contribution in [0.4, 0.5) is 0 Å². The number of aromatic hydroxyl groups is 2. The van der Waals surface area contributed by atoms with Crippen molar-refractivity contribution in [2.45, 2.75) is 31.7 Å². The number of nitrogens with zero attached hydrogens (tertiary/aromatic N) is 3. The molecule has 0 unspecified atom stereocenters. The van der Waals surface area contributed by atoms with Gasteiger partial charge < -0.3 is 15.1 Å². The molecule has 0 aliphatic carbocycles. The fraction of sp³-hybridized carbons (Fsp3) is 0.304. The van der Waals surface area contributed by atoms with E-state index >= 15 is 0 Å². The Morgan fingerprint density at radius 3 is 2.47 bits per heavy atom. The molecule has 34 heavy (non-hydrogen) atoms. The lowest BCUT2D eigenvalue weighted by atomic mass is 9.99. The van der Waals surface area contributed by atoms with E-state index in [1.165, 1.54) is 34.6 Å². The molecule has 180 valence electrons. The monoisotopic (exact) mass is 504 g/mol. The molecule has 0 atom stereocenters. The van der Waals surface area contributed by atoms with Crippen molar-refractivity contribution < 1.29 is 23.4 Å². The molecule has 0 saturated carbocycles. The first-order chi connectivity index (χ1) is 16.2. The van der Waals surface area contributed by atoms with Crippen molar-refractivity contribution in [2.75, 3.05) is 19.6 Å². The van der Waals surface area contributed by atoms with E-state index in [1.54, 1.807) is 18.7 Å². The fourth-order valence-corrected chi connectivity index (χ4v) is 5.72. The number of phenols is 2. The molecule has 1 amide bonds. The van der Waals surface area contributed by atoms with Gasteiger partial charge in [-0.1, -0.05) is 25.4 Å². The highest BCUT2D eigenvalue weighted by Gasteiger charge is 2.28. The minimum absolute atomic E-state index is 0.0769. The largest absolute Gasteiger partial charge is 0.507 e. The van der Waals surface area contributed by atoms with Crippen molar-refractivity contribution >= 4 is 27.5 Å². The smallest absolute Gasteiger partial charge is 0.254 e. The summed E-state index contributed by atoms with van der Waals surface area (Å²) >= 11 is 6.02. The third kappa shape index (κ3) is 4.24. The fourth-order valence-electron chi connectivity index (χ4n) is 4.10. The van der Waals surface area contributed by atoms with Crippen LogP contribution in [0.15, 0.2) is 41.3 Å². The van der Waals surface area contributed by atoms with E-state index in [-0.39, 0.29) is 33.9 Å². The second-order valence-corrected chi connectivity index (χ2v) is 10.3. The van der Waals surface area contributed by atoms with Gasteiger partial charge in [-0.15, -0.1) is 0 Å². The highest BCUT2D eigenvalue weighted by atomic mass is 35.5. The summed E-state index contributed by atoms with van der Waals surface area (Å²) < 4.78 is 26.8. The molecule has 3 N–H and O–H groups in total. The number of H-pyrrole nitrogens is 1. The van der Waals surface area contributed by atoms with Crippen LogP contribution < -0.4 is 0 Å². The summed E-state index contributed by atoms with van der Waals surface area (Å²) in [5.74, 6) is -0.655. The molecule has 1 aliphatic rings. The van der Waals surface area contributed by atoms with E-state index in [0.717, 1.165) is 17.3 Å². The topological polar surface area (TPSA) is 127 Å². The van der Waals surface area contributed by atoms with Crippen molar-refractivity contribution in [1.82, 2.24) is 19.4 Å².